The number of hydrogen-bond donors (Lipinski definition) is 2. The fourth-order valence-corrected chi connectivity index (χ4v) is 2.41. The maximum Gasteiger partial charge on any atom is 0.137 e. The molecule has 5 nitrogen and oxygen atoms in total. The van der Waals surface area contributed by atoms with Gasteiger partial charge in [0.2, 0.25) is 0 Å². The minimum absolute atomic E-state index is 0.142. The van der Waals surface area contributed by atoms with Crippen molar-refractivity contribution in [2.24, 2.45) is 0 Å². The zero-order chi connectivity index (χ0) is 13.2. The lowest BCUT2D eigenvalue weighted by Gasteiger charge is -2.33. The molecule has 0 aliphatic carbocycles. The molecule has 5 heteroatoms. The Kier molecular flexibility index (Phi) is 3.71. The van der Waals surface area contributed by atoms with Crippen molar-refractivity contribution in [1.82, 2.24) is 15.3 Å². The summed E-state index contributed by atoms with van der Waals surface area (Å²) in [5.74, 6) is 1.56. The molecule has 18 heavy (non-hydrogen) atoms. The maximum atomic E-state index is 5.87. The van der Waals surface area contributed by atoms with Crippen molar-refractivity contribution in [3.8, 4) is 0 Å². The highest BCUT2D eigenvalue weighted by molar-refractivity contribution is 5.55. The Labute approximate surface area is 109 Å². The zero-order valence-electron chi connectivity index (χ0n) is 11.5. The highest BCUT2D eigenvalue weighted by Crippen LogP contribution is 2.24. The second-order valence-electron chi connectivity index (χ2n) is 5.32. The molecule has 1 aromatic heterocycles. The second-order valence-corrected chi connectivity index (χ2v) is 5.32. The van der Waals surface area contributed by atoms with E-state index in [0.717, 1.165) is 43.9 Å². The lowest BCUT2D eigenvalue weighted by atomic mass is 9.98. The molecule has 1 atom stereocenters. The predicted octanol–water partition coefficient (Wildman–Crippen LogP) is 1.34. The fourth-order valence-electron chi connectivity index (χ4n) is 2.41. The fraction of sp³-hybridized carbons (Fsp3) is 0.692. The van der Waals surface area contributed by atoms with E-state index in [1.807, 2.05) is 6.92 Å². The zero-order valence-corrected chi connectivity index (χ0v) is 11.5. The normalized spacial score (nSPS) is 24.9. The molecule has 1 unspecified atom stereocenters. The molecule has 0 amide bonds. The van der Waals surface area contributed by atoms with Crippen molar-refractivity contribution in [3.05, 3.63) is 11.9 Å². The molecule has 1 saturated heterocycles. The van der Waals surface area contributed by atoms with Crippen molar-refractivity contribution >= 4 is 11.6 Å². The van der Waals surface area contributed by atoms with Crippen LogP contribution in [0, 0.1) is 6.92 Å². The Morgan fingerprint density at radius 2 is 2.28 bits per heavy atom. The van der Waals surface area contributed by atoms with Gasteiger partial charge in [0, 0.05) is 24.2 Å². The van der Waals surface area contributed by atoms with Gasteiger partial charge in [-0.2, -0.15) is 0 Å². The van der Waals surface area contributed by atoms with Gasteiger partial charge in [-0.05, 0) is 33.2 Å². The van der Waals surface area contributed by atoms with Crippen molar-refractivity contribution in [3.63, 3.8) is 0 Å². The number of aromatic nitrogens is 2. The van der Waals surface area contributed by atoms with E-state index in [4.69, 9.17) is 5.73 Å². The lowest BCUT2D eigenvalue weighted by Crippen LogP contribution is -2.48. The van der Waals surface area contributed by atoms with Crippen molar-refractivity contribution < 1.29 is 0 Å². The Balaban J connectivity index is 2.28. The molecule has 1 aromatic rings. The molecule has 100 valence electrons. The number of hydrogen-bond acceptors (Lipinski definition) is 5. The first-order valence-corrected chi connectivity index (χ1v) is 6.63. The number of nitrogen functional groups attached to an aromatic ring is 1. The summed E-state index contributed by atoms with van der Waals surface area (Å²) in [6.45, 7) is 9.51. The van der Waals surface area contributed by atoms with E-state index in [9.17, 15) is 0 Å². The van der Waals surface area contributed by atoms with Crippen LogP contribution in [-0.2, 0) is 0 Å². The SMILES string of the molecule is CCC1(C)CN(c2ncnc(N)c2C)CCCN1. The number of anilines is 2. The smallest absolute Gasteiger partial charge is 0.137 e. The van der Waals surface area contributed by atoms with Gasteiger partial charge >= 0.3 is 0 Å². The van der Waals surface area contributed by atoms with Gasteiger partial charge < -0.3 is 16.0 Å². The summed E-state index contributed by atoms with van der Waals surface area (Å²) in [6, 6.07) is 0. The van der Waals surface area contributed by atoms with Gasteiger partial charge in [0.15, 0.2) is 0 Å². The first kappa shape index (κ1) is 13.1. The summed E-state index contributed by atoms with van der Waals surface area (Å²) < 4.78 is 0. The summed E-state index contributed by atoms with van der Waals surface area (Å²) in [4.78, 5) is 10.8. The highest BCUT2D eigenvalue weighted by Gasteiger charge is 2.28. The van der Waals surface area contributed by atoms with Crippen LogP contribution in [-0.4, -0.2) is 35.1 Å². The summed E-state index contributed by atoms with van der Waals surface area (Å²) in [6.07, 6.45) is 3.78. The van der Waals surface area contributed by atoms with Crippen molar-refractivity contribution in [2.45, 2.75) is 39.2 Å². The minimum Gasteiger partial charge on any atom is -0.383 e. The van der Waals surface area contributed by atoms with Crippen LogP contribution in [0.5, 0.6) is 0 Å². The molecule has 0 aromatic carbocycles. The third-order valence-corrected chi connectivity index (χ3v) is 3.87. The molecule has 1 aliphatic rings. The first-order valence-electron chi connectivity index (χ1n) is 6.63. The molecule has 2 rings (SSSR count). The molecular formula is C13H23N5. The minimum atomic E-state index is 0.142. The largest absolute Gasteiger partial charge is 0.383 e. The van der Waals surface area contributed by atoms with Crippen LogP contribution in [0.15, 0.2) is 6.33 Å². The first-order chi connectivity index (χ1) is 8.56. The molecule has 0 bridgehead atoms. The average molecular weight is 249 g/mol. The average Bonchev–Trinajstić information content (AvgIpc) is 2.56. The van der Waals surface area contributed by atoms with E-state index < -0.39 is 0 Å². The molecule has 0 spiro atoms. The Morgan fingerprint density at radius 1 is 1.50 bits per heavy atom. The molecule has 1 fully saturated rings. The number of nitrogens with zero attached hydrogens (tertiary/aromatic N) is 3. The Hall–Kier alpha value is -1.36. The number of rotatable bonds is 2. The van der Waals surface area contributed by atoms with Crippen LogP contribution >= 0.6 is 0 Å². The molecule has 0 radical (unpaired) electrons. The lowest BCUT2D eigenvalue weighted by molar-refractivity contribution is 0.366. The van der Waals surface area contributed by atoms with Crippen LogP contribution in [0.2, 0.25) is 0 Å². The Morgan fingerprint density at radius 3 is 3.00 bits per heavy atom. The van der Waals surface area contributed by atoms with Gasteiger partial charge in [0.1, 0.15) is 18.0 Å². The third-order valence-electron chi connectivity index (χ3n) is 3.87. The quantitative estimate of drug-likeness (QED) is 0.828. The van der Waals surface area contributed by atoms with Gasteiger partial charge in [-0.1, -0.05) is 6.92 Å². The summed E-state index contributed by atoms with van der Waals surface area (Å²) in [5.41, 5.74) is 7.00. The third kappa shape index (κ3) is 2.56. The molecule has 3 N–H and O–H groups in total. The number of nitrogens with two attached hydrogens (primary N) is 1. The van der Waals surface area contributed by atoms with Crippen molar-refractivity contribution in [1.29, 1.82) is 0 Å². The monoisotopic (exact) mass is 249 g/mol. The molecule has 1 aliphatic heterocycles. The van der Waals surface area contributed by atoms with Gasteiger partial charge in [-0.25, -0.2) is 9.97 Å². The van der Waals surface area contributed by atoms with E-state index in [1.165, 1.54) is 0 Å². The molecule has 0 saturated carbocycles. The van der Waals surface area contributed by atoms with Gasteiger partial charge in [0.25, 0.3) is 0 Å². The predicted molar refractivity (Wildman–Crippen MR) is 74.7 cm³/mol. The topological polar surface area (TPSA) is 67.1 Å². The molecular weight excluding hydrogens is 226 g/mol. The van der Waals surface area contributed by atoms with Crippen LogP contribution in [0.25, 0.3) is 0 Å². The highest BCUT2D eigenvalue weighted by atomic mass is 15.2. The molecule has 2 heterocycles. The van der Waals surface area contributed by atoms with Gasteiger partial charge in [-0.15, -0.1) is 0 Å². The van der Waals surface area contributed by atoms with Crippen LogP contribution in [0.3, 0.4) is 0 Å². The summed E-state index contributed by atoms with van der Waals surface area (Å²) in [5, 5.41) is 3.63. The van der Waals surface area contributed by atoms with E-state index in [2.05, 4.69) is 34.0 Å². The second kappa shape index (κ2) is 5.10. The van der Waals surface area contributed by atoms with E-state index in [1.54, 1.807) is 6.33 Å². The summed E-state index contributed by atoms with van der Waals surface area (Å²) >= 11 is 0. The summed E-state index contributed by atoms with van der Waals surface area (Å²) in [7, 11) is 0. The number of nitrogens with one attached hydrogen (secondary N) is 1. The Bertz CT molecular complexity index is 420. The van der Waals surface area contributed by atoms with E-state index in [-0.39, 0.29) is 5.54 Å². The standard InChI is InChI=1S/C13H23N5/c1-4-13(3)8-18(7-5-6-17-13)12-10(2)11(14)15-9-16-12/h9,17H,4-8H2,1-3H3,(H2,14,15,16). The van der Waals surface area contributed by atoms with Crippen LogP contribution in [0.1, 0.15) is 32.3 Å². The maximum absolute atomic E-state index is 5.87. The van der Waals surface area contributed by atoms with Crippen LogP contribution in [0.4, 0.5) is 11.6 Å². The van der Waals surface area contributed by atoms with E-state index in [0.29, 0.717) is 5.82 Å². The van der Waals surface area contributed by atoms with Gasteiger partial charge in [0.05, 0.1) is 0 Å². The van der Waals surface area contributed by atoms with E-state index >= 15 is 0 Å². The van der Waals surface area contributed by atoms with Crippen molar-refractivity contribution in [2.75, 3.05) is 30.3 Å². The van der Waals surface area contributed by atoms with Gasteiger partial charge in [-0.3, -0.25) is 0 Å². The van der Waals surface area contributed by atoms with Crippen LogP contribution < -0.4 is 16.0 Å².